The third-order valence-electron chi connectivity index (χ3n) is 3.53. The van der Waals surface area contributed by atoms with Crippen LogP contribution in [0.5, 0.6) is 0 Å². The molecule has 1 atom stereocenters. The normalized spacial score (nSPS) is 16.4. The van der Waals surface area contributed by atoms with Gasteiger partial charge in [-0.2, -0.15) is 0 Å². The van der Waals surface area contributed by atoms with Crippen LogP contribution in [0, 0.1) is 0 Å². The predicted octanol–water partition coefficient (Wildman–Crippen LogP) is 1.88. The van der Waals surface area contributed by atoms with Crippen molar-refractivity contribution in [1.82, 2.24) is 0 Å². The second-order valence-corrected chi connectivity index (χ2v) is 13.4. The molecule has 0 fully saturated rings. The first-order valence-electron chi connectivity index (χ1n) is 6.04. The fourth-order valence-electron chi connectivity index (χ4n) is 1.69. The Morgan fingerprint density at radius 3 is 2.00 bits per heavy atom. The topological polar surface area (TPSA) is 66.5 Å². The Balaban J connectivity index is 4.08. The number of hydrogen-bond acceptors (Lipinski definition) is 3. The van der Waals surface area contributed by atoms with E-state index in [0.717, 1.165) is 19.0 Å². The van der Waals surface area contributed by atoms with Crippen LogP contribution in [0.1, 0.15) is 20.3 Å². The summed E-state index contributed by atoms with van der Waals surface area (Å²) in [7, 11) is -4.07. The first kappa shape index (κ1) is 15.3. The summed E-state index contributed by atoms with van der Waals surface area (Å²) in [4.78, 5) is 19.4. The highest BCUT2D eigenvalue weighted by atomic mass is 28.4. The quantitative estimate of drug-likeness (QED) is 0.576. The molecule has 5 heteroatoms. The molecule has 0 saturated heterocycles. The third-order valence-corrected chi connectivity index (χ3v) is 10.9. The molecule has 0 amide bonds. The molecule has 0 rings (SSSR count). The molecule has 0 spiro atoms. The molecule has 0 aromatic rings. The van der Waals surface area contributed by atoms with Crippen LogP contribution >= 0.6 is 0 Å². The van der Waals surface area contributed by atoms with Gasteiger partial charge in [0.05, 0.1) is 8.07 Å². The van der Waals surface area contributed by atoms with E-state index in [2.05, 4.69) is 13.5 Å². The van der Waals surface area contributed by atoms with Gasteiger partial charge in [-0.25, -0.2) is 0 Å². The van der Waals surface area contributed by atoms with Crippen LogP contribution in [-0.2, 0) is 0 Å². The highest BCUT2D eigenvalue weighted by molar-refractivity contribution is 6.80. The van der Waals surface area contributed by atoms with Gasteiger partial charge in [-0.1, -0.05) is 38.5 Å². The zero-order valence-corrected chi connectivity index (χ0v) is 12.4. The second-order valence-electron chi connectivity index (χ2n) is 4.89. The minimum Gasteiger partial charge on any atom is -0.411 e. The van der Waals surface area contributed by atoms with Crippen LogP contribution in [0.25, 0.3) is 0 Å². The largest absolute Gasteiger partial charge is 0.411 e. The van der Waals surface area contributed by atoms with Gasteiger partial charge in [0.1, 0.15) is 0 Å². The van der Waals surface area contributed by atoms with Crippen LogP contribution in [0.4, 0.5) is 0 Å². The maximum atomic E-state index is 9.70. The number of hydrogen-bond donors (Lipinski definition) is 3. The summed E-state index contributed by atoms with van der Waals surface area (Å²) in [5, 5.41) is 0. The Kier molecular flexibility index (Phi) is 6.94. The Hall–Kier alpha value is 0.314. The van der Waals surface area contributed by atoms with Crippen molar-refractivity contribution < 1.29 is 9.59 Å². The summed E-state index contributed by atoms with van der Waals surface area (Å²) in [5.41, 5.74) is 5.53. The summed E-state index contributed by atoms with van der Waals surface area (Å²) < 4.78 is 0. The van der Waals surface area contributed by atoms with E-state index >= 15 is 0 Å². The Labute approximate surface area is 96.0 Å². The van der Waals surface area contributed by atoms with Gasteiger partial charge in [-0.3, -0.25) is 0 Å². The van der Waals surface area contributed by atoms with E-state index in [1.165, 1.54) is 12.1 Å². The Morgan fingerprint density at radius 1 is 1.00 bits per heavy atom. The minimum atomic E-state index is -2.84. The van der Waals surface area contributed by atoms with Crippen molar-refractivity contribution in [1.29, 1.82) is 0 Å². The molecule has 0 aromatic carbocycles. The lowest BCUT2D eigenvalue weighted by Gasteiger charge is -2.28. The lowest BCUT2D eigenvalue weighted by Crippen LogP contribution is -2.38. The van der Waals surface area contributed by atoms with Gasteiger partial charge in [0.25, 0.3) is 0 Å². The average Bonchev–Trinajstić information content (AvgIpc) is 2.24. The first-order valence-corrected chi connectivity index (χ1v) is 11.5. The van der Waals surface area contributed by atoms with E-state index in [1.807, 2.05) is 6.92 Å². The van der Waals surface area contributed by atoms with E-state index in [9.17, 15) is 9.59 Å². The zero-order valence-electron chi connectivity index (χ0n) is 10.4. The van der Waals surface area contributed by atoms with Crippen molar-refractivity contribution in [2.24, 2.45) is 5.73 Å². The Bertz CT molecular complexity index is 179. The lowest BCUT2D eigenvalue weighted by atomic mass is 10.5. The molecule has 0 aliphatic rings. The maximum Gasteiger partial charge on any atom is 0.332 e. The number of rotatable bonds is 8. The van der Waals surface area contributed by atoms with E-state index in [-0.39, 0.29) is 0 Å². The molecular weight excluding hydrogens is 222 g/mol. The van der Waals surface area contributed by atoms with Crippen LogP contribution in [0.3, 0.4) is 0 Å². The van der Waals surface area contributed by atoms with Crippen LogP contribution in [0.15, 0.2) is 0 Å². The van der Waals surface area contributed by atoms with Crippen molar-refractivity contribution in [3.63, 3.8) is 0 Å². The second kappa shape index (κ2) is 6.80. The average molecular weight is 250 g/mol. The fraction of sp³-hybridized carbons (Fsp3) is 1.00. The Morgan fingerprint density at radius 2 is 1.60 bits per heavy atom. The van der Waals surface area contributed by atoms with Gasteiger partial charge >= 0.3 is 8.56 Å². The maximum absolute atomic E-state index is 9.70. The molecule has 1 unspecified atom stereocenters. The molecule has 4 N–H and O–H groups in total. The molecule has 0 radical (unpaired) electrons. The monoisotopic (exact) mass is 249 g/mol. The first-order chi connectivity index (χ1) is 6.89. The van der Waals surface area contributed by atoms with Crippen molar-refractivity contribution in [2.75, 3.05) is 6.54 Å². The van der Waals surface area contributed by atoms with Gasteiger partial charge in [0.15, 0.2) is 0 Å². The number of nitrogens with two attached hydrogens (primary N) is 1. The third kappa shape index (κ3) is 6.47. The molecule has 0 saturated carbocycles. The van der Waals surface area contributed by atoms with Gasteiger partial charge in [-0.05, 0) is 25.1 Å². The van der Waals surface area contributed by atoms with Gasteiger partial charge in [-0.15, -0.1) is 0 Å². The zero-order chi connectivity index (χ0) is 11.9. The molecule has 0 aromatic heterocycles. The predicted molar refractivity (Wildman–Crippen MR) is 70.9 cm³/mol. The van der Waals surface area contributed by atoms with E-state index < -0.39 is 16.6 Å². The van der Waals surface area contributed by atoms with Gasteiger partial charge < -0.3 is 15.3 Å². The SMILES string of the molecule is CC[Si](O)(O)CC[Si](C)(CC)CCCN. The van der Waals surface area contributed by atoms with Crippen molar-refractivity contribution >= 4 is 16.6 Å². The molecule has 0 aliphatic heterocycles. The summed E-state index contributed by atoms with van der Waals surface area (Å²) in [6.07, 6.45) is 1.09. The van der Waals surface area contributed by atoms with Gasteiger partial charge in [0, 0.05) is 0 Å². The summed E-state index contributed by atoms with van der Waals surface area (Å²) in [6.45, 7) is 7.23. The van der Waals surface area contributed by atoms with E-state index in [1.54, 1.807) is 0 Å². The fourth-order valence-corrected chi connectivity index (χ4v) is 8.07. The minimum absolute atomic E-state index is 0.554. The van der Waals surface area contributed by atoms with Gasteiger partial charge in [0.2, 0.25) is 0 Å². The highest BCUT2D eigenvalue weighted by Gasteiger charge is 2.32. The molecule has 0 heterocycles. The van der Waals surface area contributed by atoms with Crippen LogP contribution in [-0.4, -0.2) is 32.8 Å². The van der Waals surface area contributed by atoms with E-state index in [0.29, 0.717) is 12.1 Å². The van der Waals surface area contributed by atoms with Crippen molar-refractivity contribution in [2.45, 2.75) is 57.0 Å². The standard InChI is InChI=1S/C10H27NO2Si2/c1-4-14(3,8-6-7-11)9-10-15(12,13)5-2/h12-13H,4-11H2,1-3H3. The summed E-state index contributed by atoms with van der Waals surface area (Å²) in [6, 6.07) is 4.72. The molecule has 15 heavy (non-hydrogen) atoms. The van der Waals surface area contributed by atoms with Crippen LogP contribution in [0.2, 0.25) is 36.8 Å². The lowest BCUT2D eigenvalue weighted by molar-refractivity contribution is 0.362. The van der Waals surface area contributed by atoms with Crippen molar-refractivity contribution in [3.8, 4) is 0 Å². The highest BCUT2D eigenvalue weighted by Crippen LogP contribution is 2.27. The molecule has 0 aliphatic carbocycles. The smallest absolute Gasteiger partial charge is 0.332 e. The van der Waals surface area contributed by atoms with Crippen LogP contribution < -0.4 is 5.73 Å². The molecule has 92 valence electrons. The molecule has 3 nitrogen and oxygen atoms in total. The molecular formula is C10H27NO2Si2. The summed E-state index contributed by atoms with van der Waals surface area (Å²) >= 11 is 0. The van der Waals surface area contributed by atoms with E-state index in [4.69, 9.17) is 5.73 Å². The molecule has 0 bridgehead atoms. The van der Waals surface area contributed by atoms with Crippen molar-refractivity contribution in [3.05, 3.63) is 0 Å². The summed E-state index contributed by atoms with van der Waals surface area (Å²) in [5.74, 6) is 0.